The number of hydrogen-bond acceptors (Lipinski definition) is 1. The number of para-hydroxylation sites is 1. The van der Waals surface area contributed by atoms with Crippen molar-refractivity contribution in [3.8, 4) is 44.5 Å². The molecule has 0 amide bonds. The van der Waals surface area contributed by atoms with Gasteiger partial charge in [0.05, 0.1) is 0 Å². The second-order valence-electron chi connectivity index (χ2n) is 10.4. The molecule has 1 aliphatic rings. The number of furan rings is 1. The molecule has 9 rings (SSSR count). The molecule has 0 spiro atoms. The van der Waals surface area contributed by atoms with Gasteiger partial charge in [-0.1, -0.05) is 121 Å². The summed E-state index contributed by atoms with van der Waals surface area (Å²) in [4.78, 5) is 0. The van der Waals surface area contributed by atoms with E-state index >= 15 is 0 Å². The highest BCUT2D eigenvalue weighted by atomic mass is 16.3. The lowest BCUT2D eigenvalue weighted by molar-refractivity contribution is 0.669. The highest BCUT2D eigenvalue weighted by Gasteiger charge is 2.31. The van der Waals surface area contributed by atoms with Crippen molar-refractivity contribution < 1.29 is 4.42 Å². The van der Waals surface area contributed by atoms with Gasteiger partial charge in [-0.3, -0.25) is 0 Å². The van der Waals surface area contributed by atoms with Crippen LogP contribution in [0.4, 0.5) is 0 Å². The van der Waals surface area contributed by atoms with Gasteiger partial charge in [0.15, 0.2) is 0 Å². The maximum absolute atomic E-state index is 6.49. The Kier molecular flexibility index (Phi) is 4.11. The second-order valence-corrected chi connectivity index (χ2v) is 10.4. The number of rotatable bonds is 2. The molecule has 39 heavy (non-hydrogen) atoms. The molecular weight excluding hydrogens is 472 g/mol. The third-order valence-electron chi connectivity index (χ3n) is 8.38. The van der Waals surface area contributed by atoms with Crippen molar-refractivity contribution in [2.45, 2.75) is 0 Å². The molecular formula is C38H22O. The first-order chi connectivity index (χ1) is 19.4. The molecule has 180 valence electrons. The van der Waals surface area contributed by atoms with E-state index in [2.05, 4.69) is 127 Å². The molecule has 1 aromatic heterocycles. The predicted octanol–water partition coefficient (Wildman–Crippen LogP) is 10.9. The summed E-state index contributed by atoms with van der Waals surface area (Å²) in [5.74, 6) is 0. The fourth-order valence-electron chi connectivity index (χ4n) is 6.89. The zero-order valence-electron chi connectivity index (χ0n) is 21.1. The molecule has 0 unspecified atom stereocenters. The molecule has 0 aliphatic heterocycles. The molecule has 1 heterocycles. The van der Waals surface area contributed by atoms with Gasteiger partial charge in [0.2, 0.25) is 0 Å². The summed E-state index contributed by atoms with van der Waals surface area (Å²) in [6.45, 7) is 0. The molecule has 0 N–H and O–H groups in total. The molecule has 0 saturated carbocycles. The van der Waals surface area contributed by atoms with Gasteiger partial charge in [-0.2, -0.15) is 0 Å². The van der Waals surface area contributed by atoms with Crippen molar-refractivity contribution >= 4 is 43.5 Å². The van der Waals surface area contributed by atoms with Crippen molar-refractivity contribution in [2.24, 2.45) is 0 Å². The third-order valence-corrected chi connectivity index (χ3v) is 8.38. The van der Waals surface area contributed by atoms with Crippen LogP contribution < -0.4 is 0 Å². The van der Waals surface area contributed by atoms with Crippen molar-refractivity contribution in [1.82, 2.24) is 0 Å². The Morgan fingerprint density at radius 1 is 0.333 bits per heavy atom. The summed E-state index contributed by atoms with van der Waals surface area (Å²) >= 11 is 0. The van der Waals surface area contributed by atoms with Gasteiger partial charge in [-0.05, 0) is 78.2 Å². The van der Waals surface area contributed by atoms with Gasteiger partial charge in [0.1, 0.15) is 11.2 Å². The number of hydrogen-bond donors (Lipinski definition) is 0. The minimum atomic E-state index is 0.934. The van der Waals surface area contributed by atoms with Gasteiger partial charge in [0, 0.05) is 10.8 Å². The molecule has 0 saturated heterocycles. The maximum atomic E-state index is 6.49. The Morgan fingerprint density at radius 3 is 1.54 bits per heavy atom. The van der Waals surface area contributed by atoms with Crippen molar-refractivity contribution in [2.75, 3.05) is 0 Å². The Morgan fingerprint density at radius 2 is 0.872 bits per heavy atom. The average Bonchev–Trinajstić information content (AvgIpc) is 3.54. The van der Waals surface area contributed by atoms with E-state index < -0.39 is 0 Å². The summed E-state index contributed by atoms with van der Waals surface area (Å²) < 4.78 is 6.49. The molecule has 8 aromatic rings. The third kappa shape index (κ3) is 2.74. The normalized spacial score (nSPS) is 12.1. The lowest BCUT2D eigenvalue weighted by Gasteiger charge is -2.20. The van der Waals surface area contributed by atoms with E-state index in [-0.39, 0.29) is 0 Å². The first-order valence-corrected chi connectivity index (χ1v) is 13.5. The quantitative estimate of drug-likeness (QED) is 0.233. The molecule has 1 aliphatic carbocycles. The lowest BCUT2D eigenvalue weighted by atomic mass is 9.82. The van der Waals surface area contributed by atoms with Gasteiger partial charge in [-0.25, -0.2) is 0 Å². The molecule has 7 aromatic carbocycles. The Balaban J connectivity index is 1.56. The highest BCUT2D eigenvalue weighted by molar-refractivity contribution is 6.33. The second kappa shape index (κ2) is 7.69. The van der Waals surface area contributed by atoms with E-state index in [1.165, 1.54) is 76.8 Å². The van der Waals surface area contributed by atoms with Crippen LogP contribution >= 0.6 is 0 Å². The maximum Gasteiger partial charge on any atom is 0.136 e. The van der Waals surface area contributed by atoms with Crippen LogP contribution in [0.2, 0.25) is 0 Å². The van der Waals surface area contributed by atoms with E-state index in [1.807, 2.05) is 6.07 Å². The Hall–Kier alpha value is -5.14. The molecule has 0 bridgehead atoms. The Bertz CT molecular complexity index is 2250. The standard InChI is InChI=1S/C38H22O/c1-3-12-23(13-4-1)33-25-16-7-8-17-26(25)34(24-14-5-2-6-15-24)38-30-22-32-36(27-18-9-10-21-31(27)39-32)28-19-11-20-29(35(28)30)37(33)38/h1-22H. The first-order valence-electron chi connectivity index (χ1n) is 13.5. The van der Waals surface area contributed by atoms with Gasteiger partial charge >= 0.3 is 0 Å². The van der Waals surface area contributed by atoms with E-state index in [0.717, 1.165) is 11.2 Å². The summed E-state index contributed by atoms with van der Waals surface area (Å²) in [6, 6.07) is 48.1. The zero-order chi connectivity index (χ0) is 25.5. The van der Waals surface area contributed by atoms with E-state index in [4.69, 9.17) is 4.42 Å². The fraction of sp³-hybridized carbons (Fsp3) is 0. The number of benzene rings is 7. The smallest absolute Gasteiger partial charge is 0.136 e. The van der Waals surface area contributed by atoms with Crippen molar-refractivity contribution in [1.29, 1.82) is 0 Å². The van der Waals surface area contributed by atoms with Crippen LogP contribution in [0.15, 0.2) is 138 Å². The van der Waals surface area contributed by atoms with Crippen LogP contribution in [0.1, 0.15) is 0 Å². The van der Waals surface area contributed by atoms with Crippen LogP contribution in [0.5, 0.6) is 0 Å². The molecule has 0 atom stereocenters. The minimum Gasteiger partial charge on any atom is -0.456 e. The summed E-state index contributed by atoms with van der Waals surface area (Å²) in [7, 11) is 0. The van der Waals surface area contributed by atoms with Crippen molar-refractivity contribution in [3.05, 3.63) is 133 Å². The van der Waals surface area contributed by atoms with Crippen LogP contribution in [0.25, 0.3) is 88.0 Å². The first kappa shape index (κ1) is 20.9. The molecule has 0 fully saturated rings. The number of fused-ring (bicyclic) bond motifs is 8. The summed E-state index contributed by atoms with van der Waals surface area (Å²) in [6.07, 6.45) is 0. The van der Waals surface area contributed by atoms with Crippen LogP contribution in [0.3, 0.4) is 0 Å². The van der Waals surface area contributed by atoms with Crippen LogP contribution in [-0.4, -0.2) is 0 Å². The molecule has 1 heteroatoms. The van der Waals surface area contributed by atoms with E-state index in [9.17, 15) is 0 Å². The lowest BCUT2D eigenvalue weighted by Crippen LogP contribution is -1.93. The summed E-state index contributed by atoms with van der Waals surface area (Å²) in [5.41, 5.74) is 12.1. The van der Waals surface area contributed by atoms with Crippen molar-refractivity contribution in [3.63, 3.8) is 0 Å². The SMILES string of the molecule is c1ccc(-c2c3c(c(-c4ccccc4)c4ccccc24)-c2cc4oc5ccccc5c4c4cccc-3c24)cc1. The Labute approximate surface area is 225 Å². The highest BCUT2D eigenvalue weighted by Crippen LogP contribution is 2.59. The van der Waals surface area contributed by atoms with E-state index in [0.29, 0.717) is 0 Å². The largest absolute Gasteiger partial charge is 0.456 e. The summed E-state index contributed by atoms with van der Waals surface area (Å²) in [5, 5.41) is 7.49. The van der Waals surface area contributed by atoms with Gasteiger partial charge in [0.25, 0.3) is 0 Å². The van der Waals surface area contributed by atoms with Crippen LogP contribution in [-0.2, 0) is 0 Å². The fourth-order valence-corrected chi connectivity index (χ4v) is 6.89. The molecule has 0 radical (unpaired) electrons. The van der Waals surface area contributed by atoms with Gasteiger partial charge in [-0.15, -0.1) is 0 Å². The molecule has 1 nitrogen and oxygen atoms in total. The van der Waals surface area contributed by atoms with Crippen LogP contribution in [0, 0.1) is 0 Å². The average molecular weight is 495 g/mol. The zero-order valence-corrected chi connectivity index (χ0v) is 21.1. The van der Waals surface area contributed by atoms with E-state index in [1.54, 1.807) is 0 Å². The predicted molar refractivity (Wildman–Crippen MR) is 164 cm³/mol. The minimum absolute atomic E-state index is 0.934. The monoisotopic (exact) mass is 494 g/mol. The van der Waals surface area contributed by atoms with Gasteiger partial charge < -0.3 is 4.42 Å². The topological polar surface area (TPSA) is 13.1 Å².